The summed E-state index contributed by atoms with van der Waals surface area (Å²) >= 11 is 0. The summed E-state index contributed by atoms with van der Waals surface area (Å²) in [5, 5.41) is 3.23. The second kappa shape index (κ2) is 6.67. The van der Waals surface area contributed by atoms with E-state index in [9.17, 15) is 0 Å². The highest BCUT2D eigenvalue weighted by atomic mass is 15.1. The maximum atomic E-state index is 4.28. The molecule has 2 rings (SSSR count). The van der Waals surface area contributed by atoms with Gasteiger partial charge in [-0.25, -0.2) is 9.97 Å². The van der Waals surface area contributed by atoms with Gasteiger partial charge in [0.1, 0.15) is 5.82 Å². The number of hydrogen-bond acceptors (Lipinski definition) is 4. The summed E-state index contributed by atoms with van der Waals surface area (Å²) in [5.41, 5.74) is 0. The molecule has 17 heavy (non-hydrogen) atoms. The lowest BCUT2D eigenvalue weighted by molar-refractivity contribution is 0.169. The Kier molecular flexibility index (Phi) is 4.88. The molecule has 94 valence electrons. The maximum Gasteiger partial charge on any atom is 0.142 e. The van der Waals surface area contributed by atoms with E-state index in [-0.39, 0.29) is 0 Å². The zero-order valence-corrected chi connectivity index (χ0v) is 10.6. The summed E-state index contributed by atoms with van der Waals surface area (Å²) in [4.78, 5) is 11.0. The average Bonchev–Trinajstić information content (AvgIpc) is 2.39. The van der Waals surface area contributed by atoms with E-state index in [0.717, 1.165) is 24.8 Å². The molecule has 1 aliphatic rings. The van der Waals surface area contributed by atoms with E-state index in [2.05, 4.69) is 20.2 Å². The summed E-state index contributed by atoms with van der Waals surface area (Å²) in [6.45, 7) is 4.42. The van der Waals surface area contributed by atoms with Gasteiger partial charge < -0.3 is 5.32 Å². The molecule has 1 aromatic rings. The molecule has 0 aliphatic carbocycles. The van der Waals surface area contributed by atoms with Crippen LogP contribution in [0.1, 0.15) is 25.1 Å². The van der Waals surface area contributed by atoms with Crippen LogP contribution in [0.25, 0.3) is 0 Å². The van der Waals surface area contributed by atoms with Crippen LogP contribution in [0, 0.1) is 5.92 Å². The lowest BCUT2D eigenvalue weighted by atomic mass is 9.93. The normalized spacial score (nSPS) is 18.4. The topological polar surface area (TPSA) is 41.0 Å². The van der Waals surface area contributed by atoms with Crippen molar-refractivity contribution >= 4 is 0 Å². The molecule has 0 spiro atoms. The molecule has 0 atom stereocenters. The van der Waals surface area contributed by atoms with Crippen molar-refractivity contribution in [3.63, 3.8) is 0 Å². The quantitative estimate of drug-likeness (QED) is 0.833. The molecule has 1 N–H and O–H groups in total. The van der Waals surface area contributed by atoms with Gasteiger partial charge >= 0.3 is 0 Å². The molecule has 1 aromatic heterocycles. The summed E-state index contributed by atoms with van der Waals surface area (Å²) in [7, 11) is 2.03. The van der Waals surface area contributed by atoms with Gasteiger partial charge in [-0.05, 0) is 57.9 Å². The summed E-state index contributed by atoms with van der Waals surface area (Å²) in [5.74, 6) is 1.84. The molecule has 4 nitrogen and oxygen atoms in total. The van der Waals surface area contributed by atoms with E-state index in [1.54, 1.807) is 0 Å². The summed E-state index contributed by atoms with van der Waals surface area (Å²) in [6, 6.07) is 1.87. The van der Waals surface area contributed by atoms with Crippen LogP contribution in [0.5, 0.6) is 0 Å². The standard InChI is InChI=1S/C13H22N4/c1-14-8-3-12-4-9-17(10-5-12)11-13-15-6-2-7-16-13/h2,6-7,12,14H,3-5,8-11H2,1H3. The first kappa shape index (κ1) is 12.5. The maximum absolute atomic E-state index is 4.28. The number of rotatable bonds is 5. The second-order valence-corrected chi connectivity index (χ2v) is 4.78. The molecule has 0 unspecified atom stereocenters. The van der Waals surface area contributed by atoms with Gasteiger partial charge in [-0.1, -0.05) is 0 Å². The van der Waals surface area contributed by atoms with Crippen molar-refractivity contribution in [2.24, 2.45) is 5.92 Å². The number of nitrogens with one attached hydrogen (secondary N) is 1. The molecule has 2 heterocycles. The van der Waals surface area contributed by atoms with Gasteiger partial charge in [-0.3, -0.25) is 4.90 Å². The Morgan fingerprint density at radius 3 is 2.65 bits per heavy atom. The Morgan fingerprint density at radius 1 is 1.29 bits per heavy atom. The van der Waals surface area contributed by atoms with Gasteiger partial charge in [0.05, 0.1) is 6.54 Å². The Morgan fingerprint density at radius 2 is 2.00 bits per heavy atom. The van der Waals surface area contributed by atoms with Crippen LogP contribution in [0.3, 0.4) is 0 Å². The smallest absolute Gasteiger partial charge is 0.142 e. The second-order valence-electron chi connectivity index (χ2n) is 4.78. The molecule has 0 bridgehead atoms. The molecule has 1 fully saturated rings. The van der Waals surface area contributed by atoms with Crippen LogP contribution in [0.15, 0.2) is 18.5 Å². The first-order chi connectivity index (χ1) is 8.38. The number of piperidine rings is 1. The van der Waals surface area contributed by atoms with Crippen LogP contribution in [0.2, 0.25) is 0 Å². The number of aromatic nitrogens is 2. The monoisotopic (exact) mass is 234 g/mol. The van der Waals surface area contributed by atoms with Gasteiger partial charge in [0, 0.05) is 12.4 Å². The molecular formula is C13H22N4. The fourth-order valence-corrected chi connectivity index (χ4v) is 2.39. The van der Waals surface area contributed by atoms with E-state index in [1.807, 2.05) is 25.5 Å². The van der Waals surface area contributed by atoms with Gasteiger partial charge in [0.2, 0.25) is 0 Å². The average molecular weight is 234 g/mol. The van der Waals surface area contributed by atoms with Crippen LogP contribution in [-0.4, -0.2) is 41.5 Å². The molecule has 0 aromatic carbocycles. The molecule has 0 saturated carbocycles. The van der Waals surface area contributed by atoms with Crippen molar-refractivity contribution in [2.75, 3.05) is 26.7 Å². The number of hydrogen-bond donors (Lipinski definition) is 1. The Hall–Kier alpha value is -1.00. The van der Waals surface area contributed by atoms with Crippen LogP contribution in [0.4, 0.5) is 0 Å². The van der Waals surface area contributed by atoms with Crippen molar-refractivity contribution in [2.45, 2.75) is 25.8 Å². The third-order valence-corrected chi connectivity index (χ3v) is 3.49. The summed E-state index contributed by atoms with van der Waals surface area (Å²) < 4.78 is 0. The Labute approximate surface area is 103 Å². The molecule has 0 amide bonds. The number of likely N-dealkylation sites (tertiary alicyclic amines) is 1. The molecule has 0 radical (unpaired) electrons. The zero-order valence-electron chi connectivity index (χ0n) is 10.6. The zero-order chi connectivity index (χ0) is 11.9. The molecular weight excluding hydrogens is 212 g/mol. The van der Waals surface area contributed by atoms with Gasteiger partial charge in [-0.15, -0.1) is 0 Å². The highest BCUT2D eigenvalue weighted by Gasteiger charge is 2.19. The predicted molar refractivity (Wildman–Crippen MR) is 68.6 cm³/mol. The highest BCUT2D eigenvalue weighted by molar-refractivity contribution is 4.89. The van der Waals surface area contributed by atoms with Crippen molar-refractivity contribution in [3.8, 4) is 0 Å². The Balaban J connectivity index is 1.72. The van der Waals surface area contributed by atoms with E-state index < -0.39 is 0 Å². The van der Waals surface area contributed by atoms with Crippen molar-refractivity contribution in [1.82, 2.24) is 20.2 Å². The first-order valence-corrected chi connectivity index (χ1v) is 6.51. The SMILES string of the molecule is CNCCC1CCN(Cc2ncccn2)CC1. The molecule has 4 heteroatoms. The van der Waals surface area contributed by atoms with E-state index >= 15 is 0 Å². The van der Waals surface area contributed by atoms with Crippen molar-refractivity contribution in [1.29, 1.82) is 0 Å². The minimum atomic E-state index is 0.899. The fraction of sp³-hybridized carbons (Fsp3) is 0.692. The van der Waals surface area contributed by atoms with Crippen LogP contribution in [-0.2, 0) is 6.54 Å². The third-order valence-electron chi connectivity index (χ3n) is 3.49. The number of nitrogens with zero attached hydrogens (tertiary/aromatic N) is 3. The van der Waals surface area contributed by atoms with Crippen LogP contribution < -0.4 is 5.32 Å². The largest absolute Gasteiger partial charge is 0.320 e. The van der Waals surface area contributed by atoms with E-state index in [0.29, 0.717) is 0 Å². The van der Waals surface area contributed by atoms with Gasteiger partial charge in [0.15, 0.2) is 0 Å². The van der Waals surface area contributed by atoms with Crippen molar-refractivity contribution < 1.29 is 0 Å². The Bertz CT molecular complexity index is 306. The van der Waals surface area contributed by atoms with Crippen molar-refractivity contribution in [3.05, 3.63) is 24.3 Å². The van der Waals surface area contributed by atoms with Gasteiger partial charge in [-0.2, -0.15) is 0 Å². The molecule has 1 aliphatic heterocycles. The van der Waals surface area contributed by atoms with E-state index in [4.69, 9.17) is 0 Å². The minimum absolute atomic E-state index is 0.899. The minimum Gasteiger partial charge on any atom is -0.320 e. The lowest BCUT2D eigenvalue weighted by Crippen LogP contribution is -2.34. The summed E-state index contributed by atoms with van der Waals surface area (Å²) in [6.07, 6.45) is 7.58. The first-order valence-electron chi connectivity index (χ1n) is 6.51. The third kappa shape index (κ3) is 4.06. The van der Waals surface area contributed by atoms with Crippen LogP contribution >= 0.6 is 0 Å². The lowest BCUT2D eigenvalue weighted by Gasteiger charge is -2.31. The fourth-order valence-electron chi connectivity index (χ4n) is 2.39. The van der Waals surface area contributed by atoms with E-state index in [1.165, 1.54) is 32.4 Å². The highest BCUT2D eigenvalue weighted by Crippen LogP contribution is 2.20. The molecule has 1 saturated heterocycles. The predicted octanol–water partition coefficient (Wildman–Crippen LogP) is 1.30. The van der Waals surface area contributed by atoms with Gasteiger partial charge in [0.25, 0.3) is 0 Å².